The number of amides is 1. The Morgan fingerprint density at radius 1 is 0.419 bits per heavy atom. The van der Waals surface area contributed by atoms with Crippen LogP contribution in [0.1, 0.15) is 0 Å². The van der Waals surface area contributed by atoms with Gasteiger partial charge < -0.3 is 0 Å². The van der Waals surface area contributed by atoms with Gasteiger partial charge in [0.15, 0.2) is 0 Å². The van der Waals surface area contributed by atoms with Crippen molar-refractivity contribution in [1.82, 2.24) is 0 Å². The molecule has 0 aliphatic heterocycles. The van der Waals surface area contributed by atoms with E-state index in [2.05, 4.69) is 67.1 Å². The van der Waals surface area contributed by atoms with E-state index in [-0.39, 0.29) is 0 Å². The maximum Gasteiger partial charge on any atom is 0.321 e. The molecule has 0 heterocycles. The Labute approximate surface area is 180 Å². The molecule has 0 aliphatic carbocycles. The Balaban J connectivity index is 1.64. The largest absolute Gasteiger partial charge is 0.321 e. The molecular formula is C29H18NO. The van der Waals surface area contributed by atoms with Crippen molar-refractivity contribution in [2.45, 2.75) is 0 Å². The molecule has 0 unspecified atom stereocenters. The number of anilines is 2. The zero-order chi connectivity index (χ0) is 20.8. The maximum atomic E-state index is 12.3. The predicted octanol–water partition coefficient (Wildman–Crippen LogP) is 7.50. The third-order valence-corrected chi connectivity index (χ3v) is 6.10. The molecule has 1 radical (unpaired) electrons. The van der Waals surface area contributed by atoms with Crippen LogP contribution in [0, 0.1) is 0 Å². The SMILES string of the molecule is O=[C]N(c1cccc2c1ccc1ccccc12)c1cccc2c1ccc1ccccc12. The number of carbonyl (C=O) groups excluding carboxylic acids is 1. The molecular weight excluding hydrogens is 378 g/mol. The highest BCUT2D eigenvalue weighted by atomic mass is 16.1. The summed E-state index contributed by atoms with van der Waals surface area (Å²) in [5.74, 6) is 0. The van der Waals surface area contributed by atoms with E-state index in [0.717, 1.165) is 32.9 Å². The lowest BCUT2D eigenvalue weighted by Gasteiger charge is -2.21. The van der Waals surface area contributed by atoms with E-state index in [4.69, 9.17) is 0 Å². The molecule has 6 rings (SSSR count). The van der Waals surface area contributed by atoms with Crippen molar-refractivity contribution in [1.29, 1.82) is 0 Å². The lowest BCUT2D eigenvalue weighted by molar-refractivity contribution is 0.556. The number of hydrogen-bond acceptors (Lipinski definition) is 1. The standard InChI is InChI=1S/C29H18NO/c31-19-30(28-13-5-11-24-22-9-3-1-7-20(22)15-17-26(24)28)29-14-6-12-25-23-10-4-2-8-21(23)16-18-27(25)29/h1-18H. The molecule has 0 saturated carbocycles. The van der Waals surface area contributed by atoms with Crippen LogP contribution in [0.3, 0.4) is 0 Å². The summed E-state index contributed by atoms with van der Waals surface area (Å²) in [5.41, 5.74) is 1.66. The van der Waals surface area contributed by atoms with Crippen LogP contribution in [0.4, 0.5) is 11.4 Å². The number of nitrogens with zero attached hydrogens (tertiary/aromatic N) is 1. The van der Waals surface area contributed by atoms with E-state index in [0.29, 0.717) is 0 Å². The van der Waals surface area contributed by atoms with E-state index in [1.807, 2.05) is 48.5 Å². The van der Waals surface area contributed by atoms with Gasteiger partial charge in [0.2, 0.25) is 0 Å². The van der Waals surface area contributed by atoms with E-state index in [9.17, 15) is 4.79 Å². The Morgan fingerprint density at radius 3 is 1.35 bits per heavy atom. The first-order valence-corrected chi connectivity index (χ1v) is 10.3. The molecule has 1 amide bonds. The van der Waals surface area contributed by atoms with E-state index in [1.54, 1.807) is 4.90 Å². The van der Waals surface area contributed by atoms with Crippen LogP contribution >= 0.6 is 0 Å². The van der Waals surface area contributed by atoms with Gasteiger partial charge in [0.25, 0.3) is 0 Å². The van der Waals surface area contributed by atoms with Crippen molar-refractivity contribution in [3.8, 4) is 0 Å². The van der Waals surface area contributed by atoms with Crippen LogP contribution in [-0.2, 0) is 4.79 Å². The van der Waals surface area contributed by atoms with E-state index in [1.165, 1.54) is 21.5 Å². The monoisotopic (exact) mass is 396 g/mol. The summed E-state index contributed by atoms with van der Waals surface area (Å²) in [6, 6.07) is 37.3. The summed E-state index contributed by atoms with van der Waals surface area (Å²) >= 11 is 0. The zero-order valence-electron chi connectivity index (χ0n) is 16.7. The predicted molar refractivity (Wildman–Crippen MR) is 131 cm³/mol. The molecule has 2 nitrogen and oxygen atoms in total. The van der Waals surface area contributed by atoms with Crippen LogP contribution in [0.25, 0.3) is 43.1 Å². The lowest BCUT2D eigenvalue weighted by Crippen LogP contribution is -2.14. The zero-order valence-corrected chi connectivity index (χ0v) is 16.7. The Kier molecular flexibility index (Phi) is 3.97. The molecule has 0 saturated heterocycles. The molecule has 0 atom stereocenters. The van der Waals surface area contributed by atoms with Gasteiger partial charge in [-0.15, -0.1) is 0 Å². The highest BCUT2D eigenvalue weighted by Gasteiger charge is 2.16. The highest BCUT2D eigenvalue weighted by Crippen LogP contribution is 2.39. The van der Waals surface area contributed by atoms with Crippen molar-refractivity contribution in [3.05, 3.63) is 109 Å². The van der Waals surface area contributed by atoms with Crippen LogP contribution in [0.2, 0.25) is 0 Å². The minimum atomic E-state index is 0.832. The molecule has 0 fully saturated rings. The van der Waals surface area contributed by atoms with E-state index < -0.39 is 0 Å². The van der Waals surface area contributed by atoms with Crippen molar-refractivity contribution < 1.29 is 4.79 Å². The fourth-order valence-corrected chi connectivity index (χ4v) is 4.67. The van der Waals surface area contributed by atoms with Crippen molar-refractivity contribution in [2.75, 3.05) is 4.90 Å². The van der Waals surface area contributed by atoms with Gasteiger partial charge in [0.1, 0.15) is 0 Å². The first kappa shape index (κ1) is 17.7. The van der Waals surface area contributed by atoms with Crippen LogP contribution in [0.5, 0.6) is 0 Å². The summed E-state index contributed by atoms with van der Waals surface area (Å²) in [7, 11) is 0. The highest BCUT2D eigenvalue weighted by molar-refractivity contribution is 6.17. The second-order valence-corrected chi connectivity index (χ2v) is 7.74. The van der Waals surface area contributed by atoms with Gasteiger partial charge in [-0.3, -0.25) is 9.69 Å². The average Bonchev–Trinajstić information content (AvgIpc) is 2.84. The van der Waals surface area contributed by atoms with Crippen LogP contribution in [0.15, 0.2) is 109 Å². The summed E-state index contributed by atoms with van der Waals surface area (Å²) in [5, 5.41) is 9.04. The normalized spacial score (nSPS) is 11.4. The summed E-state index contributed by atoms with van der Waals surface area (Å²) < 4.78 is 0. The molecule has 2 heteroatoms. The minimum absolute atomic E-state index is 0.832. The number of rotatable bonds is 3. The summed E-state index contributed by atoms with van der Waals surface area (Å²) in [6.45, 7) is 0. The Morgan fingerprint density at radius 2 is 0.871 bits per heavy atom. The van der Waals surface area contributed by atoms with Crippen molar-refractivity contribution in [2.24, 2.45) is 0 Å². The Bertz CT molecular complexity index is 1500. The van der Waals surface area contributed by atoms with Gasteiger partial charge in [0.05, 0.1) is 11.4 Å². The van der Waals surface area contributed by atoms with Gasteiger partial charge in [-0.1, -0.05) is 97.1 Å². The fourth-order valence-electron chi connectivity index (χ4n) is 4.67. The molecule has 0 aliphatic rings. The second kappa shape index (κ2) is 6.96. The quantitative estimate of drug-likeness (QED) is 0.224. The lowest BCUT2D eigenvalue weighted by atomic mass is 9.98. The minimum Gasteiger partial charge on any atom is -0.272 e. The van der Waals surface area contributed by atoms with Gasteiger partial charge in [-0.25, -0.2) is 0 Å². The van der Waals surface area contributed by atoms with Crippen molar-refractivity contribution >= 4 is 60.9 Å². The molecule has 0 N–H and O–H groups in total. The molecule has 0 aromatic heterocycles. The molecule has 31 heavy (non-hydrogen) atoms. The topological polar surface area (TPSA) is 20.3 Å². The number of benzene rings is 6. The smallest absolute Gasteiger partial charge is 0.272 e. The van der Waals surface area contributed by atoms with Gasteiger partial charge in [0, 0.05) is 10.8 Å². The maximum absolute atomic E-state index is 12.3. The molecule has 145 valence electrons. The second-order valence-electron chi connectivity index (χ2n) is 7.74. The van der Waals surface area contributed by atoms with E-state index >= 15 is 0 Å². The average molecular weight is 396 g/mol. The third-order valence-electron chi connectivity index (χ3n) is 6.10. The van der Waals surface area contributed by atoms with Gasteiger partial charge >= 0.3 is 6.41 Å². The fraction of sp³-hybridized carbons (Fsp3) is 0. The number of fused-ring (bicyclic) bond motifs is 6. The van der Waals surface area contributed by atoms with Gasteiger partial charge in [-0.2, -0.15) is 0 Å². The molecule has 0 bridgehead atoms. The van der Waals surface area contributed by atoms with Crippen LogP contribution < -0.4 is 4.90 Å². The molecule has 6 aromatic carbocycles. The number of hydrogen-bond donors (Lipinski definition) is 0. The summed E-state index contributed by atoms with van der Waals surface area (Å²) in [4.78, 5) is 14.0. The van der Waals surface area contributed by atoms with Crippen molar-refractivity contribution in [3.63, 3.8) is 0 Å². The Hall–Kier alpha value is -4.17. The third kappa shape index (κ3) is 2.69. The summed E-state index contributed by atoms with van der Waals surface area (Å²) in [6.07, 6.45) is 2.20. The first-order chi connectivity index (χ1) is 15.3. The molecule has 6 aromatic rings. The molecule has 0 spiro atoms. The van der Waals surface area contributed by atoms with Gasteiger partial charge in [-0.05, 0) is 44.5 Å². The first-order valence-electron chi connectivity index (χ1n) is 10.3. The van der Waals surface area contributed by atoms with Crippen LogP contribution in [-0.4, -0.2) is 6.41 Å².